The first-order chi connectivity index (χ1) is 4.90. The van der Waals surface area contributed by atoms with Gasteiger partial charge in [-0.3, -0.25) is 0 Å². The van der Waals surface area contributed by atoms with E-state index in [1.165, 1.54) is 25.8 Å². The van der Waals surface area contributed by atoms with Gasteiger partial charge >= 0.3 is 0 Å². The Labute approximate surface area is 62.5 Å². The molecule has 2 fully saturated rings. The highest BCUT2D eigenvalue weighted by Gasteiger charge is 2.34. The van der Waals surface area contributed by atoms with Gasteiger partial charge in [-0.25, -0.2) is 0 Å². The van der Waals surface area contributed by atoms with Crippen molar-refractivity contribution in [2.24, 2.45) is 5.92 Å². The van der Waals surface area contributed by atoms with Gasteiger partial charge in [-0.2, -0.15) is 0 Å². The van der Waals surface area contributed by atoms with Crippen molar-refractivity contribution < 1.29 is 0 Å². The van der Waals surface area contributed by atoms with Crippen molar-refractivity contribution in [1.82, 2.24) is 5.32 Å². The molecular formula is C9H15N. The molecule has 0 radical (unpaired) electrons. The highest BCUT2D eigenvalue weighted by molar-refractivity contribution is 5.24. The fourth-order valence-electron chi connectivity index (χ4n) is 1.57. The average Bonchev–Trinajstić information content (AvgIpc) is 2.74. The van der Waals surface area contributed by atoms with E-state index in [2.05, 4.69) is 18.3 Å². The zero-order chi connectivity index (χ0) is 6.97. The second-order valence-electron chi connectivity index (χ2n) is 3.43. The van der Waals surface area contributed by atoms with Gasteiger partial charge < -0.3 is 5.32 Å². The van der Waals surface area contributed by atoms with Crippen LogP contribution in [0.25, 0.3) is 0 Å². The lowest BCUT2D eigenvalue weighted by Crippen LogP contribution is -1.90. The predicted octanol–water partition coefficient (Wildman–Crippen LogP) is 1.70. The Bertz CT molecular complexity index is 156. The molecule has 1 nitrogen and oxygen atoms in total. The summed E-state index contributed by atoms with van der Waals surface area (Å²) in [4.78, 5) is 0. The van der Waals surface area contributed by atoms with Crippen molar-refractivity contribution >= 4 is 0 Å². The Kier molecular flexibility index (Phi) is 1.53. The lowest BCUT2D eigenvalue weighted by atomic mass is 10.2. The topological polar surface area (TPSA) is 21.9 Å². The van der Waals surface area contributed by atoms with Crippen LogP contribution in [0.3, 0.4) is 0 Å². The molecule has 1 heterocycles. The minimum atomic E-state index is 0.882. The molecule has 56 valence electrons. The summed E-state index contributed by atoms with van der Waals surface area (Å²) < 4.78 is 0. The first kappa shape index (κ1) is 6.41. The molecule has 1 heteroatoms. The molecular weight excluding hydrogens is 122 g/mol. The summed E-state index contributed by atoms with van der Waals surface area (Å²) in [5, 5.41) is 3.34. The van der Waals surface area contributed by atoms with Crippen molar-refractivity contribution in [3.05, 3.63) is 11.6 Å². The quantitative estimate of drug-likeness (QED) is 0.464. The molecule has 1 aliphatic carbocycles. The number of hydrogen-bond acceptors (Lipinski definition) is 1. The molecule has 2 aliphatic rings. The molecule has 0 aromatic rings. The Balaban J connectivity index is 1.73. The standard InChI is InChI=1S/C9H15N/c1-2-3-7-4-8(7)5-9-6-10-9/h3,8-10H,2,4-6H2,1H3/b7-3-/t8?,9-/m1/s1. The summed E-state index contributed by atoms with van der Waals surface area (Å²) in [5.41, 5.74) is 1.72. The number of allylic oxidation sites excluding steroid dienone is 2. The highest BCUT2D eigenvalue weighted by Crippen LogP contribution is 2.42. The van der Waals surface area contributed by atoms with Crippen LogP contribution < -0.4 is 5.32 Å². The monoisotopic (exact) mass is 137 g/mol. The summed E-state index contributed by atoms with van der Waals surface area (Å²) in [5.74, 6) is 0.972. The summed E-state index contributed by atoms with van der Waals surface area (Å²) >= 11 is 0. The van der Waals surface area contributed by atoms with E-state index in [0.29, 0.717) is 0 Å². The fraction of sp³-hybridized carbons (Fsp3) is 0.778. The van der Waals surface area contributed by atoms with E-state index in [0.717, 1.165) is 12.0 Å². The van der Waals surface area contributed by atoms with Gasteiger partial charge in [0.1, 0.15) is 0 Å². The van der Waals surface area contributed by atoms with E-state index in [4.69, 9.17) is 0 Å². The van der Waals surface area contributed by atoms with Crippen LogP contribution in [-0.4, -0.2) is 12.6 Å². The van der Waals surface area contributed by atoms with E-state index in [9.17, 15) is 0 Å². The first-order valence-electron chi connectivity index (χ1n) is 4.32. The zero-order valence-electron chi connectivity index (χ0n) is 6.56. The lowest BCUT2D eigenvalue weighted by molar-refractivity contribution is 0.733. The number of rotatable bonds is 3. The minimum Gasteiger partial charge on any atom is -0.311 e. The Morgan fingerprint density at radius 2 is 2.50 bits per heavy atom. The normalized spacial score (nSPS) is 40.3. The molecule has 1 aliphatic heterocycles. The Morgan fingerprint density at radius 1 is 1.70 bits per heavy atom. The highest BCUT2D eigenvalue weighted by atomic mass is 15.1. The fourth-order valence-corrected chi connectivity index (χ4v) is 1.57. The number of hydrogen-bond donors (Lipinski definition) is 1. The Morgan fingerprint density at radius 3 is 3.10 bits per heavy atom. The SMILES string of the molecule is CC/C=C1/CC1C[C@@H]1CN1. The largest absolute Gasteiger partial charge is 0.311 e. The van der Waals surface area contributed by atoms with Crippen molar-refractivity contribution in [3.8, 4) is 0 Å². The predicted molar refractivity (Wildman–Crippen MR) is 42.9 cm³/mol. The molecule has 1 N–H and O–H groups in total. The molecule has 1 saturated carbocycles. The summed E-state index contributed by atoms with van der Waals surface area (Å²) in [6.07, 6.45) is 6.43. The van der Waals surface area contributed by atoms with Gasteiger partial charge in [-0.1, -0.05) is 18.6 Å². The second-order valence-corrected chi connectivity index (χ2v) is 3.43. The van der Waals surface area contributed by atoms with Crippen LogP contribution in [-0.2, 0) is 0 Å². The van der Waals surface area contributed by atoms with Gasteiger partial charge in [0.05, 0.1) is 0 Å². The molecule has 2 atom stereocenters. The van der Waals surface area contributed by atoms with Crippen molar-refractivity contribution in [1.29, 1.82) is 0 Å². The molecule has 0 amide bonds. The van der Waals surface area contributed by atoms with Crippen molar-refractivity contribution in [3.63, 3.8) is 0 Å². The summed E-state index contributed by atoms with van der Waals surface area (Å²) in [6.45, 7) is 3.49. The smallest absolute Gasteiger partial charge is 0.0199 e. The maximum absolute atomic E-state index is 3.34. The lowest BCUT2D eigenvalue weighted by Gasteiger charge is -1.87. The molecule has 1 unspecified atom stereocenters. The van der Waals surface area contributed by atoms with Crippen LogP contribution in [0.2, 0.25) is 0 Å². The van der Waals surface area contributed by atoms with Crippen LogP contribution in [0.4, 0.5) is 0 Å². The maximum atomic E-state index is 3.34. The second kappa shape index (κ2) is 2.39. The van der Waals surface area contributed by atoms with Crippen molar-refractivity contribution in [2.75, 3.05) is 6.54 Å². The Hall–Kier alpha value is -0.300. The van der Waals surface area contributed by atoms with E-state index < -0.39 is 0 Å². The van der Waals surface area contributed by atoms with E-state index in [1.807, 2.05) is 0 Å². The van der Waals surface area contributed by atoms with Gasteiger partial charge in [0.15, 0.2) is 0 Å². The molecule has 2 rings (SSSR count). The minimum absolute atomic E-state index is 0.882. The zero-order valence-corrected chi connectivity index (χ0v) is 6.56. The van der Waals surface area contributed by atoms with Gasteiger partial charge in [0, 0.05) is 12.6 Å². The molecule has 0 bridgehead atoms. The van der Waals surface area contributed by atoms with Crippen LogP contribution in [0.1, 0.15) is 26.2 Å². The maximum Gasteiger partial charge on any atom is 0.0199 e. The van der Waals surface area contributed by atoms with Crippen molar-refractivity contribution in [2.45, 2.75) is 32.2 Å². The molecule has 0 aromatic carbocycles. The van der Waals surface area contributed by atoms with Crippen LogP contribution in [0.15, 0.2) is 11.6 Å². The van der Waals surface area contributed by atoms with E-state index in [1.54, 1.807) is 5.57 Å². The third-order valence-corrected chi connectivity index (χ3v) is 2.37. The van der Waals surface area contributed by atoms with Crippen LogP contribution in [0.5, 0.6) is 0 Å². The van der Waals surface area contributed by atoms with E-state index >= 15 is 0 Å². The van der Waals surface area contributed by atoms with Gasteiger partial charge in [-0.05, 0) is 25.2 Å². The first-order valence-corrected chi connectivity index (χ1v) is 4.32. The number of nitrogens with one attached hydrogen (secondary N) is 1. The van der Waals surface area contributed by atoms with Gasteiger partial charge in [0.25, 0.3) is 0 Å². The molecule has 10 heavy (non-hydrogen) atoms. The van der Waals surface area contributed by atoms with Crippen LogP contribution in [0, 0.1) is 5.92 Å². The molecule has 1 saturated heterocycles. The molecule has 0 aromatic heterocycles. The van der Waals surface area contributed by atoms with Crippen LogP contribution >= 0.6 is 0 Å². The third-order valence-electron chi connectivity index (χ3n) is 2.37. The van der Waals surface area contributed by atoms with Gasteiger partial charge in [-0.15, -0.1) is 0 Å². The van der Waals surface area contributed by atoms with E-state index in [-0.39, 0.29) is 0 Å². The summed E-state index contributed by atoms with van der Waals surface area (Å²) in [6, 6.07) is 0.882. The summed E-state index contributed by atoms with van der Waals surface area (Å²) in [7, 11) is 0. The third kappa shape index (κ3) is 1.40. The average molecular weight is 137 g/mol. The molecule has 0 spiro atoms. The van der Waals surface area contributed by atoms with Gasteiger partial charge in [0.2, 0.25) is 0 Å².